The number of hydrogen-bond acceptors (Lipinski definition) is 3. The van der Waals surface area contributed by atoms with E-state index in [1.165, 1.54) is 0 Å². The van der Waals surface area contributed by atoms with Crippen LogP contribution < -0.4 is 5.73 Å². The summed E-state index contributed by atoms with van der Waals surface area (Å²) in [5.41, 5.74) is 6.73. The molecule has 13 heavy (non-hydrogen) atoms. The lowest BCUT2D eigenvalue weighted by atomic mass is 10.1. The summed E-state index contributed by atoms with van der Waals surface area (Å²) >= 11 is 0. The van der Waals surface area contributed by atoms with E-state index in [1.807, 2.05) is 13.0 Å². The third-order valence-corrected chi connectivity index (χ3v) is 2.10. The van der Waals surface area contributed by atoms with Crippen LogP contribution in [0.15, 0.2) is 24.4 Å². The monoisotopic (exact) mass is 174 g/mol. The van der Waals surface area contributed by atoms with Gasteiger partial charge in [-0.2, -0.15) is 0 Å². The maximum Gasteiger partial charge on any atom is 0.131 e. The fraction of sp³-hybridized carbons (Fsp3) is 0.100. The largest absolute Gasteiger partial charge is 0.508 e. The number of nitrogens with two attached hydrogens (primary N) is 1. The number of rotatable bonds is 0. The van der Waals surface area contributed by atoms with E-state index in [-0.39, 0.29) is 5.75 Å². The highest BCUT2D eigenvalue weighted by molar-refractivity contribution is 5.93. The van der Waals surface area contributed by atoms with Crippen molar-refractivity contribution in [2.24, 2.45) is 0 Å². The van der Waals surface area contributed by atoms with Gasteiger partial charge >= 0.3 is 0 Å². The summed E-state index contributed by atoms with van der Waals surface area (Å²) in [5, 5.41) is 11.1. The summed E-state index contributed by atoms with van der Waals surface area (Å²) in [5.74, 6) is 0.670. The Labute approximate surface area is 75.8 Å². The first-order valence-electron chi connectivity index (χ1n) is 4.02. The van der Waals surface area contributed by atoms with Crippen LogP contribution in [-0.2, 0) is 0 Å². The lowest BCUT2D eigenvalue weighted by Crippen LogP contribution is -1.92. The number of aryl methyl sites for hydroxylation is 1. The Morgan fingerprint density at radius 2 is 2.08 bits per heavy atom. The molecule has 0 spiro atoms. The zero-order chi connectivity index (χ0) is 9.42. The number of hydrogen-bond donors (Lipinski definition) is 2. The van der Waals surface area contributed by atoms with Crippen LogP contribution in [0.2, 0.25) is 0 Å². The number of fused-ring (bicyclic) bond motifs is 1. The number of aromatic nitrogens is 1. The SMILES string of the molecule is Cc1cnc(N)c2cc(O)ccc12. The molecule has 66 valence electrons. The second-order valence-corrected chi connectivity index (χ2v) is 3.06. The highest BCUT2D eigenvalue weighted by atomic mass is 16.3. The Kier molecular flexibility index (Phi) is 1.59. The molecule has 1 aromatic carbocycles. The van der Waals surface area contributed by atoms with Crippen molar-refractivity contribution in [2.75, 3.05) is 5.73 Å². The highest BCUT2D eigenvalue weighted by Crippen LogP contribution is 2.25. The quantitative estimate of drug-likeness (QED) is 0.640. The van der Waals surface area contributed by atoms with Crippen LogP contribution in [0.25, 0.3) is 10.8 Å². The summed E-state index contributed by atoms with van der Waals surface area (Å²) in [7, 11) is 0. The van der Waals surface area contributed by atoms with E-state index in [2.05, 4.69) is 4.98 Å². The van der Waals surface area contributed by atoms with E-state index < -0.39 is 0 Å². The van der Waals surface area contributed by atoms with Crippen molar-refractivity contribution in [2.45, 2.75) is 6.92 Å². The minimum Gasteiger partial charge on any atom is -0.508 e. The third-order valence-electron chi connectivity index (χ3n) is 2.10. The van der Waals surface area contributed by atoms with Crippen molar-refractivity contribution in [3.8, 4) is 5.75 Å². The third kappa shape index (κ3) is 1.18. The summed E-state index contributed by atoms with van der Waals surface area (Å²) in [6.07, 6.45) is 1.73. The molecule has 0 bridgehead atoms. The number of nitrogen functional groups attached to an aromatic ring is 1. The van der Waals surface area contributed by atoms with E-state index in [1.54, 1.807) is 18.3 Å². The topological polar surface area (TPSA) is 59.1 Å². The van der Waals surface area contributed by atoms with Crippen molar-refractivity contribution in [3.63, 3.8) is 0 Å². The minimum atomic E-state index is 0.214. The number of anilines is 1. The van der Waals surface area contributed by atoms with Gasteiger partial charge in [0.15, 0.2) is 0 Å². The molecule has 2 aromatic rings. The molecule has 0 aliphatic rings. The Morgan fingerprint density at radius 1 is 1.31 bits per heavy atom. The normalized spacial score (nSPS) is 10.5. The second kappa shape index (κ2) is 2.62. The Balaban J connectivity index is 2.92. The smallest absolute Gasteiger partial charge is 0.131 e. The number of phenolic OH excluding ortho intramolecular Hbond substituents is 1. The molecule has 3 N–H and O–H groups in total. The molecule has 0 saturated heterocycles. The highest BCUT2D eigenvalue weighted by Gasteiger charge is 2.02. The first kappa shape index (κ1) is 7.86. The van der Waals surface area contributed by atoms with Crippen LogP contribution in [-0.4, -0.2) is 10.1 Å². The van der Waals surface area contributed by atoms with Crippen molar-refractivity contribution < 1.29 is 5.11 Å². The predicted octanol–water partition coefficient (Wildman–Crippen LogP) is 1.83. The fourth-order valence-electron chi connectivity index (χ4n) is 1.39. The molecule has 0 saturated carbocycles. The van der Waals surface area contributed by atoms with Gasteiger partial charge in [0, 0.05) is 11.6 Å². The molecule has 1 aromatic heterocycles. The number of pyridine rings is 1. The van der Waals surface area contributed by atoms with Crippen molar-refractivity contribution in [1.82, 2.24) is 4.98 Å². The van der Waals surface area contributed by atoms with E-state index >= 15 is 0 Å². The molecule has 0 amide bonds. The molecule has 0 fully saturated rings. The summed E-state index contributed by atoms with van der Waals surface area (Å²) < 4.78 is 0. The number of benzene rings is 1. The van der Waals surface area contributed by atoms with Gasteiger partial charge in [-0.3, -0.25) is 0 Å². The van der Waals surface area contributed by atoms with Gasteiger partial charge in [-0.05, 0) is 30.0 Å². The average molecular weight is 174 g/mol. The van der Waals surface area contributed by atoms with Gasteiger partial charge in [-0.1, -0.05) is 6.07 Å². The van der Waals surface area contributed by atoms with E-state index in [4.69, 9.17) is 5.73 Å². The van der Waals surface area contributed by atoms with Crippen molar-refractivity contribution in [1.29, 1.82) is 0 Å². The maximum atomic E-state index is 9.26. The van der Waals surface area contributed by atoms with Gasteiger partial charge in [0.25, 0.3) is 0 Å². The zero-order valence-corrected chi connectivity index (χ0v) is 7.28. The van der Waals surface area contributed by atoms with Crippen LogP contribution in [0.5, 0.6) is 5.75 Å². The molecule has 0 aliphatic heterocycles. The first-order valence-corrected chi connectivity index (χ1v) is 4.02. The lowest BCUT2D eigenvalue weighted by Gasteiger charge is -2.04. The molecule has 0 unspecified atom stereocenters. The van der Waals surface area contributed by atoms with Crippen LogP contribution in [0.1, 0.15) is 5.56 Å². The average Bonchev–Trinajstić information content (AvgIpc) is 2.12. The molecule has 3 heteroatoms. The van der Waals surface area contributed by atoms with Gasteiger partial charge in [-0.15, -0.1) is 0 Å². The second-order valence-electron chi connectivity index (χ2n) is 3.06. The molecule has 3 nitrogen and oxygen atoms in total. The molecule has 2 rings (SSSR count). The molecular weight excluding hydrogens is 164 g/mol. The lowest BCUT2D eigenvalue weighted by molar-refractivity contribution is 0.476. The molecule has 1 heterocycles. The van der Waals surface area contributed by atoms with Gasteiger partial charge in [0.2, 0.25) is 0 Å². The van der Waals surface area contributed by atoms with Gasteiger partial charge < -0.3 is 10.8 Å². The molecular formula is C10H10N2O. The number of phenols is 1. The Bertz CT molecular complexity index is 466. The predicted molar refractivity (Wildman–Crippen MR) is 52.6 cm³/mol. The number of aromatic hydroxyl groups is 1. The minimum absolute atomic E-state index is 0.214. The van der Waals surface area contributed by atoms with E-state index in [0.29, 0.717) is 5.82 Å². The number of nitrogens with zero attached hydrogens (tertiary/aromatic N) is 1. The molecule has 0 atom stereocenters. The first-order chi connectivity index (χ1) is 6.18. The Morgan fingerprint density at radius 3 is 2.85 bits per heavy atom. The van der Waals surface area contributed by atoms with Crippen LogP contribution in [0, 0.1) is 6.92 Å². The summed E-state index contributed by atoms with van der Waals surface area (Å²) in [6, 6.07) is 5.12. The Hall–Kier alpha value is -1.77. The van der Waals surface area contributed by atoms with Gasteiger partial charge in [0.05, 0.1) is 0 Å². The standard InChI is InChI=1S/C10H10N2O/c1-6-5-12-10(11)9-4-7(13)2-3-8(6)9/h2-5,13H,1H3,(H2,11,12). The van der Waals surface area contributed by atoms with Crippen molar-refractivity contribution >= 4 is 16.6 Å². The zero-order valence-electron chi connectivity index (χ0n) is 7.28. The van der Waals surface area contributed by atoms with E-state index in [9.17, 15) is 5.11 Å². The van der Waals surface area contributed by atoms with Crippen molar-refractivity contribution in [3.05, 3.63) is 30.0 Å². The van der Waals surface area contributed by atoms with Crippen LogP contribution in [0.4, 0.5) is 5.82 Å². The van der Waals surface area contributed by atoms with Gasteiger partial charge in [-0.25, -0.2) is 4.98 Å². The maximum absolute atomic E-state index is 9.26. The molecule has 0 aliphatic carbocycles. The molecule has 0 radical (unpaired) electrons. The fourth-order valence-corrected chi connectivity index (χ4v) is 1.39. The van der Waals surface area contributed by atoms with E-state index in [0.717, 1.165) is 16.3 Å². The summed E-state index contributed by atoms with van der Waals surface area (Å²) in [6.45, 7) is 1.96. The summed E-state index contributed by atoms with van der Waals surface area (Å²) in [4.78, 5) is 4.01. The van der Waals surface area contributed by atoms with Crippen LogP contribution >= 0.6 is 0 Å². The van der Waals surface area contributed by atoms with Crippen LogP contribution in [0.3, 0.4) is 0 Å². The van der Waals surface area contributed by atoms with Gasteiger partial charge in [0.1, 0.15) is 11.6 Å².